The molecule has 3 rings (SSSR count). The number of hydrogen-bond donors (Lipinski definition) is 0. The highest BCUT2D eigenvalue weighted by Gasteiger charge is 2.26. The summed E-state index contributed by atoms with van der Waals surface area (Å²) < 4.78 is 74.1. The summed E-state index contributed by atoms with van der Waals surface area (Å²) in [6, 6.07) is 4.42. The van der Waals surface area contributed by atoms with Gasteiger partial charge in [-0.05, 0) is 18.2 Å². The fraction of sp³-hybridized carbons (Fsp3) is 0.222. The van der Waals surface area contributed by atoms with Gasteiger partial charge in [0.2, 0.25) is 5.82 Å². The third-order valence-corrected chi connectivity index (χ3v) is 5.29. The van der Waals surface area contributed by atoms with Crippen LogP contribution in [-0.4, -0.2) is 23.3 Å². The van der Waals surface area contributed by atoms with Crippen molar-refractivity contribution in [3.8, 4) is 0 Å². The van der Waals surface area contributed by atoms with Crippen LogP contribution < -0.4 is 5.56 Å². The summed E-state index contributed by atoms with van der Waals surface area (Å²) >= 11 is 6.57. The molecule has 0 amide bonds. The van der Waals surface area contributed by atoms with Crippen molar-refractivity contribution >= 4 is 34.3 Å². The highest BCUT2D eigenvalue weighted by atomic mass is 35.5. The molecule has 0 N–H and O–H groups in total. The monoisotopic (exact) mass is 450 g/mol. The average Bonchev–Trinajstić information content (AvgIpc) is 2.70. The van der Waals surface area contributed by atoms with Crippen molar-refractivity contribution < 1.29 is 26.7 Å². The largest absolute Gasteiger partial charge is 0.383 e. The molecule has 0 fully saturated rings. The molecular formula is C18H12ClF5N2O2S. The molecule has 154 valence electrons. The molecule has 3 aromatic rings. The lowest BCUT2D eigenvalue weighted by Gasteiger charge is -2.13. The van der Waals surface area contributed by atoms with Gasteiger partial charge in [-0.1, -0.05) is 23.4 Å². The zero-order valence-electron chi connectivity index (χ0n) is 14.7. The molecule has 0 aliphatic heterocycles. The number of methoxy groups -OCH3 is 1. The molecule has 0 radical (unpaired) electrons. The zero-order valence-corrected chi connectivity index (χ0v) is 16.3. The number of halogens is 6. The van der Waals surface area contributed by atoms with E-state index in [9.17, 15) is 26.7 Å². The molecule has 11 heteroatoms. The number of aromatic nitrogens is 2. The Labute approximate surface area is 170 Å². The maximum Gasteiger partial charge on any atom is 0.262 e. The van der Waals surface area contributed by atoms with E-state index in [1.165, 1.54) is 29.9 Å². The van der Waals surface area contributed by atoms with Crippen LogP contribution in [0.3, 0.4) is 0 Å². The number of nitrogens with zero attached hydrogens (tertiary/aromatic N) is 2. The summed E-state index contributed by atoms with van der Waals surface area (Å²) in [5.41, 5.74) is -1.23. The highest BCUT2D eigenvalue weighted by Crippen LogP contribution is 2.29. The number of hydrogen-bond acceptors (Lipinski definition) is 4. The zero-order chi connectivity index (χ0) is 21.3. The first-order valence-corrected chi connectivity index (χ1v) is 9.44. The van der Waals surface area contributed by atoms with Gasteiger partial charge in [-0.25, -0.2) is 26.9 Å². The van der Waals surface area contributed by atoms with E-state index >= 15 is 0 Å². The van der Waals surface area contributed by atoms with E-state index in [4.69, 9.17) is 16.3 Å². The number of benzene rings is 2. The van der Waals surface area contributed by atoms with Crippen LogP contribution in [0.25, 0.3) is 10.9 Å². The molecule has 0 bridgehead atoms. The lowest BCUT2D eigenvalue weighted by Crippen LogP contribution is -2.25. The van der Waals surface area contributed by atoms with Crippen molar-refractivity contribution in [3.63, 3.8) is 0 Å². The predicted molar refractivity (Wildman–Crippen MR) is 98.7 cm³/mol. The van der Waals surface area contributed by atoms with Crippen LogP contribution in [0, 0.1) is 29.1 Å². The molecule has 1 aromatic heterocycles. The molecule has 0 saturated carbocycles. The first kappa shape index (κ1) is 21.5. The summed E-state index contributed by atoms with van der Waals surface area (Å²) in [6.07, 6.45) is 0. The SMILES string of the molecule is COCCn1c(SCc2c(F)c(F)c(F)c(F)c2F)nc2cc(Cl)ccc2c1=O. The van der Waals surface area contributed by atoms with Crippen molar-refractivity contribution in [2.45, 2.75) is 17.5 Å². The summed E-state index contributed by atoms with van der Waals surface area (Å²) in [7, 11) is 1.42. The van der Waals surface area contributed by atoms with E-state index in [0.717, 1.165) is 0 Å². The van der Waals surface area contributed by atoms with E-state index in [1.807, 2.05) is 0 Å². The van der Waals surface area contributed by atoms with Gasteiger partial charge in [0, 0.05) is 23.4 Å². The molecule has 0 unspecified atom stereocenters. The van der Waals surface area contributed by atoms with Crippen LogP contribution in [0.1, 0.15) is 5.56 Å². The van der Waals surface area contributed by atoms with Crippen LogP contribution in [0.15, 0.2) is 28.2 Å². The Balaban J connectivity index is 2.07. The van der Waals surface area contributed by atoms with Crippen LogP contribution in [0.2, 0.25) is 5.02 Å². The Morgan fingerprint density at radius 1 is 1.07 bits per heavy atom. The minimum Gasteiger partial charge on any atom is -0.383 e. The summed E-state index contributed by atoms with van der Waals surface area (Å²) in [5.74, 6) is -10.8. The molecule has 0 aliphatic rings. The standard InChI is InChI=1S/C18H12ClF5N2O2S/c1-28-5-4-26-17(27)9-3-2-8(19)6-11(9)25-18(26)29-7-10-12(20)14(22)16(24)15(23)13(10)21/h2-3,6H,4-5,7H2,1H3. The fourth-order valence-corrected chi connectivity index (χ4v) is 3.76. The predicted octanol–water partition coefficient (Wildman–Crippen LogP) is 4.68. The van der Waals surface area contributed by atoms with E-state index in [-0.39, 0.29) is 29.2 Å². The second kappa shape index (κ2) is 8.68. The van der Waals surface area contributed by atoms with Gasteiger partial charge in [-0.2, -0.15) is 0 Å². The second-order valence-electron chi connectivity index (χ2n) is 5.84. The van der Waals surface area contributed by atoms with Crippen molar-refractivity contribution in [2.75, 3.05) is 13.7 Å². The average molecular weight is 451 g/mol. The van der Waals surface area contributed by atoms with Gasteiger partial charge >= 0.3 is 0 Å². The summed E-state index contributed by atoms with van der Waals surface area (Å²) in [4.78, 5) is 17.0. The third kappa shape index (κ3) is 4.10. The number of ether oxygens (including phenoxy) is 1. The number of thioether (sulfide) groups is 1. The van der Waals surface area contributed by atoms with Crippen LogP contribution in [0.4, 0.5) is 22.0 Å². The van der Waals surface area contributed by atoms with Gasteiger partial charge in [0.1, 0.15) is 0 Å². The molecule has 0 saturated heterocycles. The van der Waals surface area contributed by atoms with Gasteiger partial charge in [0.25, 0.3) is 5.56 Å². The molecule has 2 aromatic carbocycles. The van der Waals surface area contributed by atoms with Gasteiger partial charge in [0.15, 0.2) is 28.4 Å². The van der Waals surface area contributed by atoms with Crippen molar-refractivity contribution in [3.05, 3.63) is 68.2 Å². The second-order valence-corrected chi connectivity index (χ2v) is 7.22. The van der Waals surface area contributed by atoms with Gasteiger partial charge in [-0.15, -0.1) is 0 Å². The first-order chi connectivity index (χ1) is 13.8. The van der Waals surface area contributed by atoms with E-state index in [2.05, 4.69) is 4.98 Å². The van der Waals surface area contributed by atoms with Crippen molar-refractivity contribution in [2.24, 2.45) is 0 Å². The van der Waals surface area contributed by atoms with Gasteiger partial charge in [0.05, 0.1) is 24.1 Å². The Morgan fingerprint density at radius 3 is 2.31 bits per heavy atom. The molecular weight excluding hydrogens is 439 g/mol. The molecule has 0 atom stereocenters. The molecule has 1 heterocycles. The van der Waals surface area contributed by atoms with Gasteiger partial charge in [-0.3, -0.25) is 9.36 Å². The lowest BCUT2D eigenvalue weighted by molar-refractivity contribution is 0.183. The maximum absolute atomic E-state index is 13.9. The molecule has 4 nitrogen and oxygen atoms in total. The summed E-state index contributed by atoms with van der Waals surface area (Å²) in [5, 5.41) is 0.589. The topological polar surface area (TPSA) is 44.1 Å². The Kier molecular flexibility index (Phi) is 6.45. The summed E-state index contributed by atoms with van der Waals surface area (Å²) in [6.45, 7) is 0.205. The first-order valence-electron chi connectivity index (χ1n) is 8.08. The molecule has 0 aliphatic carbocycles. The molecule has 29 heavy (non-hydrogen) atoms. The lowest BCUT2D eigenvalue weighted by atomic mass is 10.2. The smallest absolute Gasteiger partial charge is 0.262 e. The van der Waals surface area contributed by atoms with E-state index < -0.39 is 46.0 Å². The minimum atomic E-state index is -2.23. The highest BCUT2D eigenvalue weighted by molar-refractivity contribution is 7.98. The minimum absolute atomic E-state index is 0.0192. The number of rotatable bonds is 6. The number of fused-ring (bicyclic) bond motifs is 1. The Hall–Kier alpha value is -2.17. The third-order valence-electron chi connectivity index (χ3n) is 4.05. The van der Waals surface area contributed by atoms with Crippen molar-refractivity contribution in [1.29, 1.82) is 0 Å². The quantitative estimate of drug-likeness (QED) is 0.180. The maximum atomic E-state index is 13.9. The van der Waals surface area contributed by atoms with E-state index in [0.29, 0.717) is 16.8 Å². The van der Waals surface area contributed by atoms with Crippen LogP contribution >= 0.6 is 23.4 Å². The molecule has 0 spiro atoms. The fourth-order valence-electron chi connectivity index (χ4n) is 2.58. The Morgan fingerprint density at radius 2 is 1.69 bits per heavy atom. The van der Waals surface area contributed by atoms with Crippen molar-refractivity contribution in [1.82, 2.24) is 9.55 Å². The van der Waals surface area contributed by atoms with Crippen LogP contribution in [-0.2, 0) is 17.0 Å². The Bertz CT molecular complexity index is 1130. The van der Waals surface area contributed by atoms with Crippen LogP contribution in [0.5, 0.6) is 0 Å². The van der Waals surface area contributed by atoms with Gasteiger partial charge < -0.3 is 4.74 Å². The van der Waals surface area contributed by atoms with E-state index in [1.54, 1.807) is 0 Å². The normalized spacial score (nSPS) is 11.4.